The zero-order valence-electron chi connectivity index (χ0n) is 8.17. The van der Waals surface area contributed by atoms with Crippen LogP contribution in [0.2, 0.25) is 0 Å². The van der Waals surface area contributed by atoms with Crippen molar-refractivity contribution in [1.82, 2.24) is 0 Å². The van der Waals surface area contributed by atoms with E-state index < -0.39 is 17.7 Å². The van der Waals surface area contributed by atoms with Crippen molar-refractivity contribution in [3.05, 3.63) is 28.2 Å². The van der Waals surface area contributed by atoms with Crippen molar-refractivity contribution in [1.29, 1.82) is 0 Å². The number of ether oxygens (including phenoxy) is 1. The largest absolute Gasteiger partial charge is 0.449 e. The number of nitrogens with zero attached hydrogens (tertiary/aromatic N) is 1. The molecule has 16 heavy (non-hydrogen) atoms. The fourth-order valence-electron chi connectivity index (χ4n) is 1.55. The van der Waals surface area contributed by atoms with Gasteiger partial charge in [0.1, 0.15) is 5.69 Å². The van der Waals surface area contributed by atoms with E-state index in [9.17, 15) is 13.6 Å². The number of halogens is 3. The van der Waals surface area contributed by atoms with Gasteiger partial charge in [0.05, 0.1) is 6.61 Å². The van der Waals surface area contributed by atoms with Crippen LogP contribution in [0.15, 0.2) is 16.6 Å². The van der Waals surface area contributed by atoms with Crippen LogP contribution in [-0.4, -0.2) is 19.2 Å². The highest BCUT2D eigenvalue weighted by atomic mass is 79.9. The maximum Gasteiger partial charge on any atom is 0.414 e. The molecule has 1 aromatic rings. The third-order valence-corrected chi connectivity index (χ3v) is 2.68. The Morgan fingerprint density at radius 2 is 1.94 bits per heavy atom. The fourth-order valence-corrected chi connectivity index (χ4v) is 1.95. The van der Waals surface area contributed by atoms with E-state index in [1.165, 1.54) is 0 Å². The van der Waals surface area contributed by atoms with E-state index in [0.717, 1.165) is 17.0 Å². The molecule has 0 saturated carbocycles. The molecule has 0 atom stereocenters. The highest BCUT2D eigenvalue weighted by Crippen LogP contribution is 2.28. The van der Waals surface area contributed by atoms with Crippen molar-refractivity contribution in [2.45, 2.75) is 6.42 Å². The second-order valence-corrected chi connectivity index (χ2v) is 4.25. The van der Waals surface area contributed by atoms with Crippen molar-refractivity contribution < 1.29 is 18.3 Å². The summed E-state index contributed by atoms with van der Waals surface area (Å²) in [7, 11) is 0. The average Bonchev–Trinajstić information content (AvgIpc) is 2.19. The molecule has 1 heterocycles. The first-order valence-corrected chi connectivity index (χ1v) is 5.48. The van der Waals surface area contributed by atoms with Crippen molar-refractivity contribution in [3.63, 3.8) is 0 Å². The van der Waals surface area contributed by atoms with Crippen LogP contribution in [-0.2, 0) is 4.74 Å². The second-order valence-electron chi connectivity index (χ2n) is 3.34. The van der Waals surface area contributed by atoms with Crippen LogP contribution in [0.1, 0.15) is 6.42 Å². The summed E-state index contributed by atoms with van der Waals surface area (Å²) in [5.41, 5.74) is -0.354. The first kappa shape index (κ1) is 11.3. The monoisotopic (exact) mass is 291 g/mol. The summed E-state index contributed by atoms with van der Waals surface area (Å²) in [6.45, 7) is 0.545. The van der Waals surface area contributed by atoms with Gasteiger partial charge in [-0.1, -0.05) is 15.9 Å². The van der Waals surface area contributed by atoms with Crippen LogP contribution < -0.4 is 4.90 Å². The topological polar surface area (TPSA) is 29.5 Å². The van der Waals surface area contributed by atoms with Gasteiger partial charge in [0, 0.05) is 11.0 Å². The molecule has 1 aliphatic heterocycles. The Morgan fingerprint density at radius 1 is 1.31 bits per heavy atom. The maximum absolute atomic E-state index is 13.5. The van der Waals surface area contributed by atoms with E-state index in [2.05, 4.69) is 15.9 Å². The minimum Gasteiger partial charge on any atom is -0.449 e. The number of cyclic esters (lactones) is 1. The Morgan fingerprint density at radius 3 is 2.50 bits per heavy atom. The molecule has 1 saturated heterocycles. The van der Waals surface area contributed by atoms with Gasteiger partial charge in [0.15, 0.2) is 11.6 Å². The molecule has 0 aromatic heterocycles. The van der Waals surface area contributed by atoms with Crippen LogP contribution in [0.3, 0.4) is 0 Å². The molecule has 1 aromatic carbocycles. The lowest BCUT2D eigenvalue weighted by Crippen LogP contribution is -2.38. The van der Waals surface area contributed by atoms with E-state index in [1.54, 1.807) is 0 Å². The molecule has 1 fully saturated rings. The lowest BCUT2D eigenvalue weighted by molar-refractivity contribution is 0.139. The van der Waals surface area contributed by atoms with E-state index in [0.29, 0.717) is 6.42 Å². The summed E-state index contributed by atoms with van der Waals surface area (Å²) in [5, 5.41) is 0. The molecule has 0 radical (unpaired) electrons. The number of carbonyl (C=O) groups excluding carboxylic acids is 1. The van der Waals surface area contributed by atoms with Gasteiger partial charge in [-0.25, -0.2) is 13.6 Å². The number of hydrogen-bond acceptors (Lipinski definition) is 2. The third-order valence-electron chi connectivity index (χ3n) is 2.22. The van der Waals surface area contributed by atoms with Gasteiger partial charge in [-0.3, -0.25) is 4.90 Å². The first-order valence-electron chi connectivity index (χ1n) is 4.68. The highest BCUT2D eigenvalue weighted by Gasteiger charge is 2.27. The molecule has 1 aliphatic rings. The molecular formula is C10H8BrF2NO2. The van der Waals surface area contributed by atoms with Crippen molar-refractivity contribution in [3.8, 4) is 0 Å². The van der Waals surface area contributed by atoms with E-state index >= 15 is 0 Å². The summed E-state index contributed by atoms with van der Waals surface area (Å²) < 4.78 is 32.1. The van der Waals surface area contributed by atoms with Gasteiger partial charge in [-0.05, 0) is 18.6 Å². The van der Waals surface area contributed by atoms with Crippen molar-refractivity contribution >= 4 is 27.7 Å². The van der Waals surface area contributed by atoms with Gasteiger partial charge < -0.3 is 4.74 Å². The number of amides is 1. The van der Waals surface area contributed by atoms with Crippen molar-refractivity contribution in [2.24, 2.45) is 0 Å². The molecule has 0 aliphatic carbocycles. The van der Waals surface area contributed by atoms with E-state index in [4.69, 9.17) is 4.74 Å². The number of carbonyl (C=O) groups is 1. The summed E-state index contributed by atoms with van der Waals surface area (Å²) in [4.78, 5) is 12.3. The zero-order valence-corrected chi connectivity index (χ0v) is 9.76. The Kier molecular flexibility index (Phi) is 3.09. The molecule has 3 nitrogen and oxygen atoms in total. The lowest BCUT2D eigenvalue weighted by Gasteiger charge is -2.26. The standard InChI is InChI=1S/C10H8BrF2NO2/c11-6-4-7(12)9(8(13)5-6)14-2-1-3-16-10(14)15/h4-5H,1-3H2. The van der Waals surface area contributed by atoms with Crippen molar-refractivity contribution in [2.75, 3.05) is 18.1 Å². The quantitative estimate of drug-likeness (QED) is 0.796. The molecule has 0 spiro atoms. The highest BCUT2D eigenvalue weighted by molar-refractivity contribution is 9.10. The van der Waals surface area contributed by atoms with Crippen LogP contribution in [0, 0.1) is 11.6 Å². The van der Waals surface area contributed by atoms with Crippen LogP contribution >= 0.6 is 15.9 Å². The smallest absolute Gasteiger partial charge is 0.414 e. The predicted octanol–water partition coefficient (Wildman–Crippen LogP) is 3.07. The Hall–Kier alpha value is -1.17. The van der Waals surface area contributed by atoms with Gasteiger partial charge in [0.2, 0.25) is 0 Å². The maximum atomic E-state index is 13.5. The molecular weight excluding hydrogens is 284 g/mol. The predicted molar refractivity (Wildman–Crippen MR) is 57.4 cm³/mol. The molecule has 2 rings (SSSR count). The number of benzene rings is 1. The Bertz CT molecular complexity index is 416. The third kappa shape index (κ3) is 2.02. The Labute approximate surface area is 99.1 Å². The van der Waals surface area contributed by atoms with Gasteiger partial charge in [-0.2, -0.15) is 0 Å². The summed E-state index contributed by atoms with van der Waals surface area (Å²) in [5.74, 6) is -1.57. The fraction of sp³-hybridized carbons (Fsp3) is 0.300. The molecule has 0 bridgehead atoms. The second kappa shape index (κ2) is 4.37. The number of hydrogen-bond donors (Lipinski definition) is 0. The number of anilines is 1. The zero-order chi connectivity index (χ0) is 11.7. The SMILES string of the molecule is O=C1OCCCN1c1c(F)cc(Br)cc1F. The van der Waals surface area contributed by atoms with Crippen LogP contribution in [0.25, 0.3) is 0 Å². The lowest BCUT2D eigenvalue weighted by atomic mass is 10.2. The van der Waals surface area contributed by atoms with E-state index in [1.807, 2.05) is 0 Å². The Balaban J connectivity index is 2.42. The van der Waals surface area contributed by atoms with Gasteiger partial charge in [0.25, 0.3) is 0 Å². The van der Waals surface area contributed by atoms with Crippen LogP contribution in [0.5, 0.6) is 0 Å². The summed E-state index contributed by atoms with van der Waals surface area (Å²) in [6.07, 6.45) is -0.160. The number of rotatable bonds is 1. The normalized spacial score (nSPS) is 16.2. The average molecular weight is 292 g/mol. The summed E-state index contributed by atoms with van der Waals surface area (Å²) in [6, 6.07) is 2.22. The van der Waals surface area contributed by atoms with Gasteiger partial charge in [-0.15, -0.1) is 0 Å². The molecule has 6 heteroatoms. The van der Waals surface area contributed by atoms with Crippen LogP contribution in [0.4, 0.5) is 19.3 Å². The molecule has 86 valence electrons. The minimum absolute atomic E-state index is 0.258. The van der Waals surface area contributed by atoms with E-state index in [-0.39, 0.29) is 23.3 Å². The molecule has 1 amide bonds. The van der Waals surface area contributed by atoms with Gasteiger partial charge >= 0.3 is 6.09 Å². The first-order chi connectivity index (χ1) is 7.59. The summed E-state index contributed by atoms with van der Waals surface area (Å²) >= 11 is 2.97. The molecule has 0 N–H and O–H groups in total. The minimum atomic E-state index is -0.786. The molecule has 0 unspecified atom stereocenters.